The molecule has 0 N–H and O–H groups in total. The molecule has 1 aromatic rings. The summed E-state index contributed by atoms with van der Waals surface area (Å²) in [5.74, 6) is 0.123. The van der Waals surface area contributed by atoms with Crippen LogP contribution in [0.15, 0.2) is 35.0 Å². The summed E-state index contributed by atoms with van der Waals surface area (Å²) in [6.07, 6.45) is 3.60. The van der Waals surface area contributed by atoms with Gasteiger partial charge in [-0.2, -0.15) is 0 Å². The molecule has 0 unspecified atom stereocenters. The van der Waals surface area contributed by atoms with Crippen molar-refractivity contribution >= 4 is 45.1 Å². The zero-order chi connectivity index (χ0) is 13.8. The van der Waals surface area contributed by atoms with Crippen molar-refractivity contribution in [2.45, 2.75) is 6.92 Å². The number of thioether (sulfide) groups is 2. The molecule has 1 aliphatic rings. The lowest BCUT2D eigenvalue weighted by Crippen LogP contribution is -2.00. The first-order chi connectivity index (χ1) is 9.08. The van der Waals surface area contributed by atoms with Crippen molar-refractivity contribution in [3.05, 3.63) is 35.5 Å². The summed E-state index contributed by atoms with van der Waals surface area (Å²) in [5.41, 5.74) is 1.28. The molecule has 1 aliphatic heterocycles. The zero-order valence-corrected chi connectivity index (χ0v) is 12.0. The van der Waals surface area contributed by atoms with Gasteiger partial charge in [0.15, 0.2) is 0 Å². The van der Waals surface area contributed by atoms with Gasteiger partial charge in [0.1, 0.15) is 15.8 Å². The monoisotopic (exact) mass is 293 g/mol. The van der Waals surface area contributed by atoms with E-state index in [0.717, 1.165) is 21.7 Å². The third-order valence-corrected chi connectivity index (χ3v) is 4.07. The third kappa shape index (κ3) is 3.71. The van der Waals surface area contributed by atoms with E-state index < -0.39 is 0 Å². The van der Waals surface area contributed by atoms with Crippen LogP contribution in [0, 0.1) is 0 Å². The van der Waals surface area contributed by atoms with E-state index in [4.69, 9.17) is 4.74 Å². The molecule has 98 valence electrons. The van der Waals surface area contributed by atoms with Gasteiger partial charge in [0, 0.05) is 6.92 Å². The molecule has 1 heterocycles. The summed E-state index contributed by atoms with van der Waals surface area (Å²) in [6, 6.07) is 6.91. The number of esters is 1. The smallest absolute Gasteiger partial charge is 0.308 e. The van der Waals surface area contributed by atoms with E-state index in [2.05, 4.69) is 4.99 Å². The quantitative estimate of drug-likeness (QED) is 0.477. The highest BCUT2D eigenvalue weighted by Crippen LogP contribution is 2.29. The Kier molecular flexibility index (Phi) is 4.44. The fourth-order valence-electron chi connectivity index (χ4n) is 1.43. The van der Waals surface area contributed by atoms with Crippen LogP contribution in [0.4, 0.5) is 0 Å². The number of hydrogen-bond acceptors (Lipinski definition) is 6. The number of carbonyl (C=O) groups excluding carboxylic acids is 2. The molecule has 19 heavy (non-hydrogen) atoms. The lowest BCUT2D eigenvalue weighted by atomic mass is 10.2. The van der Waals surface area contributed by atoms with Crippen LogP contribution in [0.1, 0.15) is 12.5 Å². The number of aliphatic imine (C=N–C) groups is 1. The van der Waals surface area contributed by atoms with Crippen molar-refractivity contribution in [3.63, 3.8) is 0 Å². The Balaban J connectivity index is 2.17. The molecule has 6 heteroatoms. The summed E-state index contributed by atoms with van der Waals surface area (Å²) in [4.78, 5) is 26.7. The molecule has 4 nitrogen and oxygen atoms in total. The van der Waals surface area contributed by atoms with Crippen molar-refractivity contribution in [2.24, 2.45) is 4.99 Å². The van der Waals surface area contributed by atoms with Crippen LogP contribution in [0.3, 0.4) is 0 Å². The fraction of sp³-hybridized carbons (Fsp3) is 0.154. The van der Waals surface area contributed by atoms with Gasteiger partial charge in [0.25, 0.3) is 0 Å². The van der Waals surface area contributed by atoms with Gasteiger partial charge in [-0.1, -0.05) is 12.1 Å². The predicted octanol–water partition coefficient (Wildman–Crippen LogP) is 2.95. The first kappa shape index (κ1) is 13.9. The number of nitrogens with zero attached hydrogens (tertiary/aromatic N) is 1. The SMILES string of the molecule is CSC1=NC(=Cc2ccc(OC(C)=O)cc2)C(=O)S1. The van der Waals surface area contributed by atoms with E-state index >= 15 is 0 Å². The number of hydrogen-bond donors (Lipinski definition) is 0. The van der Waals surface area contributed by atoms with E-state index in [-0.39, 0.29) is 11.1 Å². The first-order valence-corrected chi connectivity index (χ1v) is 7.47. The predicted molar refractivity (Wildman–Crippen MR) is 79.3 cm³/mol. The van der Waals surface area contributed by atoms with Gasteiger partial charge in [0.2, 0.25) is 5.12 Å². The lowest BCUT2D eigenvalue weighted by molar-refractivity contribution is -0.131. The summed E-state index contributed by atoms with van der Waals surface area (Å²) >= 11 is 2.59. The second-order valence-corrected chi connectivity index (χ2v) is 5.68. The van der Waals surface area contributed by atoms with Crippen LogP contribution < -0.4 is 4.74 Å². The minimum atomic E-state index is -0.359. The number of ether oxygens (including phenoxy) is 1. The summed E-state index contributed by atoms with van der Waals surface area (Å²) < 4.78 is 5.69. The van der Waals surface area contributed by atoms with Gasteiger partial charge < -0.3 is 4.74 Å². The van der Waals surface area contributed by atoms with Gasteiger partial charge in [-0.15, -0.1) is 11.8 Å². The second kappa shape index (κ2) is 6.08. The highest BCUT2D eigenvalue weighted by molar-refractivity contribution is 8.45. The Morgan fingerprint density at radius 1 is 1.37 bits per heavy atom. The van der Waals surface area contributed by atoms with Crippen LogP contribution in [-0.2, 0) is 9.59 Å². The standard InChI is InChI=1S/C13H11NO3S2/c1-8(15)17-10-5-3-9(4-6-10)7-11-12(16)19-13(14-11)18-2/h3-7H,1-2H3. The normalized spacial score (nSPS) is 16.6. The molecule has 0 aromatic heterocycles. The van der Waals surface area contributed by atoms with Crippen LogP contribution in [0.2, 0.25) is 0 Å². The highest BCUT2D eigenvalue weighted by Gasteiger charge is 2.21. The molecule has 0 fully saturated rings. The highest BCUT2D eigenvalue weighted by atomic mass is 32.2. The Bertz CT molecular complexity index is 576. The molecule has 0 spiro atoms. The molecule has 0 aliphatic carbocycles. The Hall–Kier alpha value is -1.53. The fourth-order valence-corrected chi connectivity index (χ4v) is 2.69. The molecule has 0 saturated heterocycles. The zero-order valence-electron chi connectivity index (χ0n) is 10.4. The molecular weight excluding hydrogens is 282 g/mol. The van der Waals surface area contributed by atoms with Gasteiger partial charge in [-0.25, -0.2) is 4.99 Å². The number of carbonyl (C=O) groups is 2. The Morgan fingerprint density at radius 2 is 2.05 bits per heavy atom. The van der Waals surface area contributed by atoms with Crippen LogP contribution in [0.5, 0.6) is 5.75 Å². The molecule has 0 atom stereocenters. The van der Waals surface area contributed by atoms with E-state index in [1.807, 2.05) is 6.26 Å². The van der Waals surface area contributed by atoms with Crippen molar-refractivity contribution in [3.8, 4) is 5.75 Å². The topological polar surface area (TPSA) is 55.7 Å². The van der Waals surface area contributed by atoms with E-state index in [1.165, 1.54) is 18.7 Å². The van der Waals surface area contributed by atoms with Crippen molar-refractivity contribution < 1.29 is 14.3 Å². The number of rotatable bonds is 2. The van der Waals surface area contributed by atoms with Crippen molar-refractivity contribution in [2.75, 3.05) is 6.26 Å². The van der Waals surface area contributed by atoms with Gasteiger partial charge in [0.05, 0.1) is 0 Å². The maximum atomic E-state index is 11.7. The largest absolute Gasteiger partial charge is 0.427 e. The maximum Gasteiger partial charge on any atom is 0.308 e. The number of benzene rings is 1. The molecule has 0 amide bonds. The van der Waals surface area contributed by atoms with Crippen molar-refractivity contribution in [1.29, 1.82) is 0 Å². The molecule has 0 saturated carbocycles. The molecule has 2 rings (SSSR count). The van der Waals surface area contributed by atoms with Crippen LogP contribution in [-0.4, -0.2) is 21.7 Å². The van der Waals surface area contributed by atoms with E-state index in [1.54, 1.807) is 30.3 Å². The van der Waals surface area contributed by atoms with Gasteiger partial charge >= 0.3 is 5.97 Å². The minimum Gasteiger partial charge on any atom is -0.427 e. The third-order valence-electron chi connectivity index (χ3n) is 2.22. The Labute approximate surface area is 119 Å². The molecule has 0 bridgehead atoms. The molecular formula is C13H11NO3S2. The lowest BCUT2D eigenvalue weighted by Gasteiger charge is -2.01. The molecule has 1 aromatic carbocycles. The Morgan fingerprint density at radius 3 is 2.58 bits per heavy atom. The summed E-state index contributed by atoms with van der Waals surface area (Å²) in [6.45, 7) is 1.35. The maximum absolute atomic E-state index is 11.7. The van der Waals surface area contributed by atoms with Crippen LogP contribution in [0.25, 0.3) is 6.08 Å². The first-order valence-electron chi connectivity index (χ1n) is 5.43. The summed E-state index contributed by atoms with van der Waals surface area (Å²) in [5, 5.41) is -0.0478. The van der Waals surface area contributed by atoms with E-state index in [0.29, 0.717) is 11.4 Å². The second-order valence-electron chi connectivity index (χ2n) is 3.66. The van der Waals surface area contributed by atoms with Gasteiger partial charge in [-0.05, 0) is 41.8 Å². The summed E-state index contributed by atoms with van der Waals surface area (Å²) in [7, 11) is 0. The average molecular weight is 293 g/mol. The average Bonchev–Trinajstić information content (AvgIpc) is 2.72. The molecule has 0 radical (unpaired) electrons. The van der Waals surface area contributed by atoms with E-state index in [9.17, 15) is 9.59 Å². The van der Waals surface area contributed by atoms with Crippen LogP contribution >= 0.6 is 23.5 Å². The minimum absolute atomic E-state index is 0.0478. The van der Waals surface area contributed by atoms with Gasteiger partial charge in [-0.3, -0.25) is 9.59 Å². The van der Waals surface area contributed by atoms with Crippen molar-refractivity contribution in [1.82, 2.24) is 0 Å².